The molecule has 6 nitrogen and oxygen atoms in total. The van der Waals surface area contributed by atoms with E-state index in [9.17, 15) is 0 Å². The number of rotatable bonds is 5. The monoisotopic (exact) mass is 332 g/mol. The second-order valence-corrected chi connectivity index (χ2v) is 7.43. The fraction of sp³-hybridized carbons (Fsp3) is 0.889. The van der Waals surface area contributed by atoms with Gasteiger partial charge in [0.2, 0.25) is 0 Å². The molecule has 4 aliphatic rings. The van der Waals surface area contributed by atoms with Gasteiger partial charge in [-0.15, -0.1) is 0 Å². The lowest BCUT2D eigenvalue weighted by Crippen LogP contribution is -2.53. The second kappa shape index (κ2) is 7.62. The van der Waals surface area contributed by atoms with Crippen LogP contribution in [0.2, 0.25) is 0 Å². The van der Waals surface area contributed by atoms with Crippen LogP contribution in [0.15, 0.2) is 9.98 Å². The minimum Gasteiger partial charge on any atom is -0.343 e. The number of unbranched alkanes of at least 4 members (excludes halogenated alkanes) is 1. The lowest BCUT2D eigenvalue weighted by molar-refractivity contribution is 0.227. The smallest absolute Gasteiger partial charge is 0.196 e. The van der Waals surface area contributed by atoms with Gasteiger partial charge >= 0.3 is 0 Å². The third-order valence-electron chi connectivity index (χ3n) is 5.63. The highest BCUT2D eigenvalue weighted by Gasteiger charge is 2.26. The van der Waals surface area contributed by atoms with Crippen molar-refractivity contribution >= 4 is 11.9 Å². The topological polar surface area (TPSA) is 37.7 Å². The van der Waals surface area contributed by atoms with Crippen LogP contribution in [0.25, 0.3) is 0 Å². The van der Waals surface area contributed by atoms with E-state index in [1.807, 2.05) is 0 Å². The number of nitrogens with zero attached hydrogens (tertiary/aromatic N) is 6. The summed E-state index contributed by atoms with van der Waals surface area (Å²) in [6.07, 6.45) is 7.55. The van der Waals surface area contributed by atoms with E-state index in [1.165, 1.54) is 103 Å². The number of hydrogen-bond acceptors (Lipinski definition) is 6. The summed E-state index contributed by atoms with van der Waals surface area (Å²) in [5.74, 6) is 2.57. The number of aliphatic imine (C=N–C) groups is 2. The molecule has 0 unspecified atom stereocenters. The van der Waals surface area contributed by atoms with Gasteiger partial charge in [0.25, 0.3) is 0 Å². The Balaban J connectivity index is 1.24. The summed E-state index contributed by atoms with van der Waals surface area (Å²) in [6.45, 7) is 11.6. The standard InChI is InChI=1S/C18H32N6/c1(9-21-13-5-15-23-11-3-7-19-17(21)23)2-10-22-14-6-16-24-12-4-8-20-18(22)24/h1-16H2. The van der Waals surface area contributed by atoms with Crippen LogP contribution in [0.1, 0.15) is 38.5 Å². The lowest BCUT2D eigenvalue weighted by Gasteiger charge is -2.42. The Kier molecular flexibility index (Phi) is 5.09. The van der Waals surface area contributed by atoms with Gasteiger partial charge in [-0.1, -0.05) is 0 Å². The van der Waals surface area contributed by atoms with E-state index in [4.69, 9.17) is 9.98 Å². The molecule has 0 aliphatic carbocycles. The molecule has 2 saturated heterocycles. The Morgan fingerprint density at radius 1 is 0.583 bits per heavy atom. The van der Waals surface area contributed by atoms with Crippen molar-refractivity contribution in [2.75, 3.05) is 65.4 Å². The van der Waals surface area contributed by atoms with Crippen LogP contribution in [0.5, 0.6) is 0 Å². The van der Waals surface area contributed by atoms with Crippen LogP contribution in [0.4, 0.5) is 0 Å². The highest BCUT2D eigenvalue weighted by atomic mass is 15.4. The van der Waals surface area contributed by atoms with Crippen molar-refractivity contribution in [3.63, 3.8) is 0 Å². The van der Waals surface area contributed by atoms with Crippen molar-refractivity contribution in [3.8, 4) is 0 Å². The molecule has 0 aromatic carbocycles. The Bertz CT molecular complexity index is 444. The molecule has 6 heteroatoms. The van der Waals surface area contributed by atoms with Gasteiger partial charge in [-0.3, -0.25) is 9.98 Å². The zero-order valence-corrected chi connectivity index (χ0v) is 15.0. The van der Waals surface area contributed by atoms with E-state index in [1.54, 1.807) is 0 Å². The second-order valence-electron chi connectivity index (χ2n) is 7.43. The van der Waals surface area contributed by atoms with Crippen LogP contribution in [0, 0.1) is 0 Å². The SMILES string of the molecule is C(CCN1CCCN2CCCN=C12)CN1CCCN2CCCN=C12. The van der Waals surface area contributed by atoms with Gasteiger partial charge in [0.05, 0.1) is 0 Å². The zero-order chi connectivity index (χ0) is 16.2. The van der Waals surface area contributed by atoms with Crippen molar-refractivity contribution in [1.29, 1.82) is 0 Å². The van der Waals surface area contributed by atoms with E-state index in [2.05, 4.69) is 19.6 Å². The molecule has 0 atom stereocenters. The van der Waals surface area contributed by atoms with Gasteiger partial charge in [0.15, 0.2) is 11.9 Å². The average Bonchev–Trinajstić information content (AvgIpc) is 2.65. The van der Waals surface area contributed by atoms with Crippen LogP contribution in [-0.2, 0) is 0 Å². The van der Waals surface area contributed by atoms with Crippen molar-refractivity contribution in [1.82, 2.24) is 19.6 Å². The first kappa shape index (κ1) is 16.0. The normalized spacial score (nSPS) is 24.3. The maximum Gasteiger partial charge on any atom is 0.196 e. The van der Waals surface area contributed by atoms with Crippen LogP contribution >= 0.6 is 0 Å². The Morgan fingerprint density at radius 2 is 1.04 bits per heavy atom. The minimum absolute atomic E-state index is 1.02. The molecule has 0 amide bonds. The molecule has 134 valence electrons. The predicted octanol–water partition coefficient (Wildman–Crippen LogP) is 1.30. The fourth-order valence-corrected chi connectivity index (χ4v) is 4.44. The molecular formula is C18H32N6. The Hall–Kier alpha value is -1.46. The first-order valence-corrected chi connectivity index (χ1v) is 10.0. The molecule has 2 fully saturated rings. The maximum atomic E-state index is 4.79. The zero-order valence-electron chi connectivity index (χ0n) is 15.0. The molecule has 0 saturated carbocycles. The van der Waals surface area contributed by atoms with E-state index < -0.39 is 0 Å². The van der Waals surface area contributed by atoms with Gasteiger partial charge in [0.1, 0.15) is 0 Å². The van der Waals surface area contributed by atoms with E-state index in [0.29, 0.717) is 0 Å². The summed E-state index contributed by atoms with van der Waals surface area (Å²) in [6, 6.07) is 0. The van der Waals surface area contributed by atoms with E-state index >= 15 is 0 Å². The summed E-state index contributed by atoms with van der Waals surface area (Å²) >= 11 is 0. The summed E-state index contributed by atoms with van der Waals surface area (Å²) in [4.78, 5) is 19.6. The third-order valence-corrected chi connectivity index (χ3v) is 5.63. The average molecular weight is 332 g/mol. The molecule has 4 aliphatic heterocycles. The number of fused-ring (bicyclic) bond motifs is 2. The molecule has 24 heavy (non-hydrogen) atoms. The first-order valence-electron chi connectivity index (χ1n) is 10.0. The highest BCUT2D eigenvalue weighted by Crippen LogP contribution is 2.16. The molecule has 0 spiro atoms. The molecular weight excluding hydrogens is 300 g/mol. The van der Waals surface area contributed by atoms with Gasteiger partial charge < -0.3 is 19.6 Å². The molecule has 0 aromatic rings. The van der Waals surface area contributed by atoms with Gasteiger partial charge in [-0.2, -0.15) is 0 Å². The van der Waals surface area contributed by atoms with Crippen LogP contribution in [-0.4, -0.2) is 97.0 Å². The van der Waals surface area contributed by atoms with Crippen molar-refractivity contribution in [2.45, 2.75) is 38.5 Å². The lowest BCUT2D eigenvalue weighted by atomic mass is 10.2. The van der Waals surface area contributed by atoms with Gasteiger partial charge in [-0.25, -0.2) is 0 Å². The molecule has 4 rings (SSSR count). The molecule has 0 radical (unpaired) electrons. The van der Waals surface area contributed by atoms with Crippen LogP contribution < -0.4 is 0 Å². The fourth-order valence-electron chi connectivity index (χ4n) is 4.44. The molecule has 0 bridgehead atoms. The number of hydrogen-bond donors (Lipinski definition) is 0. The molecule has 0 aromatic heterocycles. The Morgan fingerprint density at radius 3 is 1.54 bits per heavy atom. The largest absolute Gasteiger partial charge is 0.343 e. The van der Waals surface area contributed by atoms with E-state index in [0.717, 1.165) is 13.1 Å². The van der Waals surface area contributed by atoms with Gasteiger partial charge in [0, 0.05) is 65.4 Å². The summed E-state index contributed by atoms with van der Waals surface area (Å²) in [7, 11) is 0. The minimum atomic E-state index is 1.02. The van der Waals surface area contributed by atoms with Crippen LogP contribution in [0.3, 0.4) is 0 Å². The van der Waals surface area contributed by atoms with Crippen molar-refractivity contribution in [3.05, 3.63) is 0 Å². The summed E-state index contributed by atoms with van der Waals surface area (Å²) in [5, 5.41) is 0. The van der Waals surface area contributed by atoms with Crippen molar-refractivity contribution in [2.24, 2.45) is 9.98 Å². The van der Waals surface area contributed by atoms with Gasteiger partial charge in [-0.05, 0) is 38.5 Å². The first-order chi connectivity index (χ1) is 11.9. The summed E-state index contributed by atoms with van der Waals surface area (Å²) < 4.78 is 0. The van der Waals surface area contributed by atoms with E-state index in [-0.39, 0.29) is 0 Å². The third kappa shape index (κ3) is 3.47. The predicted molar refractivity (Wildman–Crippen MR) is 98.6 cm³/mol. The molecule has 4 heterocycles. The summed E-state index contributed by atoms with van der Waals surface area (Å²) in [5.41, 5.74) is 0. The molecule has 0 N–H and O–H groups in total. The highest BCUT2D eigenvalue weighted by molar-refractivity contribution is 5.82. The Labute approximate surface area is 146 Å². The maximum absolute atomic E-state index is 4.79. The van der Waals surface area contributed by atoms with Crippen molar-refractivity contribution < 1.29 is 0 Å². The quantitative estimate of drug-likeness (QED) is 0.711. The number of guanidine groups is 2.